The van der Waals surface area contributed by atoms with Crippen LogP contribution >= 0.6 is 22.9 Å². The first-order chi connectivity index (χ1) is 8.60. The van der Waals surface area contributed by atoms with Gasteiger partial charge in [0.15, 0.2) is 0 Å². The summed E-state index contributed by atoms with van der Waals surface area (Å²) >= 11 is 7.10. The Hall–Kier alpha value is -0.910. The molecule has 2 unspecified atom stereocenters. The Morgan fingerprint density at radius 3 is 2.94 bits per heavy atom. The van der Waals surface area contributed by atoms with Crippen LogP contribution < -0.4 is 0 Å². The van der Waals surface area contributed by atoms with E-state index in [0.717, 1.165) is 12.1 Å². The Morgan fingerprint density at radius 2 is 2.33 bits per heavy atom. The molecule has 0 radical (unpaired) electrons. The third-order valence-corrected chi connectivity index (χ3v) is 4.10. The molecule has 2 aromatic rings. The van der Waals surface area contributed by atoms with Crippen LogP contribution in [0.5, 0.6) is 0 Å². The fraction of sp³-hybridized carbons (Fsp3) is 0.500. The molecule has 0 aliphatic carbocycles. The lowest BCUT2D eigenvalue weighted by atomic mass is 10.2. The molecule has 2 aromatic heterocycles. The molecule has 6 heteroatoms. The molecule has 0 spiro atoms. The van der Waals surface area contributed by atoms with Crippen molar-refractivity contribution in [2.45, 2.75) is 38.8 Å². The summed E-state index contributed by atoms with van der Waals surface area (Å²) in [5.41, 5.74) is 0.870. The van der Waals surface area contributed by atoms with Crippen LogP contribution in [0, 0.1) is 0 Å². The second kappa shape index (κ2) is 5.82. The molecule has 18 heavy (non-hydrogen) atoms. The van der Waals surface area contributed by atoms with Gasteiger partial charge in [0.05, 0.1) is 11.9 Å². The second-order valence-electron chi connectivity index (χ2n) is 4.27. The fourth-order valence-corrected chi connectivity index (χ4v) is 2.54. The first-order valence-electron chi connectivity index (χ1n) is 5.93. The lowest BCUT2D eigenvalue weighted by molar-refractivity contribution is 0.176. The highest BCUT2D eigenvalue weighted by molar-refractivity contribution is 7.15. The number of aliphatic hydroxyl groups is 1. The third-order valence-electron chi connectivity index (χ3n) is 2.89. The Labute approximate surface area is 115 Å². The maximum atomic E-state index is 10.0. The molecule has 0 bridgehead atoms. The maximum Gasteiger partial charge on any atom is 0.123 e. The topological polar surface area (TPSA) is 50.9 Å². The van der Waals surface area contributed by atoms with E-state index in [2.05, 4.69) is 23.9 Å². The van der Waals surface area contributed by atoms with Crippen molar-refractivity contribution in [2.24, 2.45) is 0 Å². The number of hydrogen-bond acceptors (Lipinski definition) is 4. The fourth-order valence-electron chi connectivity index (χ4n) is 1.63. The molecule has 2 heterocycles. The molecule has 1 N–H and O–H groups in total. The first kappa shape index (κ1) is 13.5. The van der Waals surface area contributed by atoms with E-state index in [-0.39, 0.29) is 0 Å². The molecule has 0 saturated carbocycles. The van der Waals surface area contributed by atoms with Gasteiger partial charge in [0.25, 0.3) is 0 Å². The molecule has 0 fully saturated rings. The van der Waals surface area contributed by atoms with Gasteiger partial charge < -0.3 is 5.11 Å². The first-order valence-corrected chi connectivity index (χ1v) is 7.13. The van der Waals surface area contributed by atoms with Crippen LogP contribution in [-0.4, -0.2) is 19.9 Å². The van der Waals surface area contributed by atoms with Gasteiger partial charge in [-0.15, -0.1) is 11.3 Å². The van der Waals surface area contributed by atoms with Crippen molar-refractivity contribution >= 4 is 22.9 Å². The van der Waals surface area contributed by atoms with Crippen molar-refractivity contribution in [3.63, 3.8) is 0 Å². The molecule has 0 aliphatic heterocycles. The van der Waals surface area contributed by atoms with Crippen LogP contribution in [0.15, 0.2) is 18.5 Å². The summed E-state index contributed by atoms with van der Waals surface area (Å²) < 4.78 is 2.52. The van der Waals surface area contributed by atoms with E-state index in [1.165, 1.54) is 11.3 Å². The minimum absolute atomic E-state index is 0.380. The van der Waals surface area contributed by atoms with Crippen molar-refractivity contribution in [1.29, 1.82) is 0 Å². The van der Waals surface area contributed by atoms with Crippen LogP contribution in [-0.2, 0) is 6.42 Å². The standard InChI is InChI=1S/C12H16ClN3OS/c1-3-8(2)16-5-4-9(15-16)6-10(17)12-14-7-11(13)18-12/h4-5,7-8,10,17H,3,6H2,1-2H3. The molecule has 2 atom stereocenters. The van der Waals surface area contributed by atoms with Gasteiger partial charge in [0.1, 0.15) is 15.4 Å². The van der Waals surface area contributed by atoms with Crippen molar-refractivity contribution in [3.8, 4) is 0 Å². The van der Waals surface area contributed by atoms with Crippen LogP contribution in [0.3, 0.4) is 0 Å². The highest BCUT2D eigenvalue weighted by Gasteiger charge is 2.15. The second-order valence-corrected chi connectivity index (χ2v) is 5.96. The number of thiazole rings is 1. The summed E-state index contributed by atoms with van der Waals surface area (Å²) in [6.45, 7) is 4.24. The van der Waals surface area contributed by atoms with Gasteiger partial charge >= 0.3 is 0 Å². The van der Waals surface area contributed by atoms with Gasteiger partial charge in [-0.3, -0.25) is 4.68 Å². The molecule has 0 aliphatic rings. The zero-order chi connectivity index (χ0) is 13.1. The van der Waals surface area contributed by atoms with Crippen LogP contribution in [0.2, 0.25) is 4.34 Å². The highest BCUT2D eigenvalue weighted by atomic mass is 35.5. The number of hydrogen-bond donors (Lipinski definition) is 1. The summed E-state index contributed by atoms with van der Waals surface area (Å²) in [5, 5.41) is 15.1. The minimum Gasteiger partial charge on any atom is -0.386 e. The van der Waals surface area contributed by atoms with Crippen molar-refractivity contribution in [2.75, 3.05) is 0 Å². The number of nitrogens with zero attached hydrogens (tertiary/aromatic N) is 3. The monoisotopic (exact) mass is 285 g/mol. The van der Waals surface area contributed by atoms with E-state index in [9.17, 15) is 5.11 Å². The SMILES string of the molecule is CCC(C)n1ccc(CC(O)c2ncc(Cl)s2)n1. The average molecular weight is 286 g/mol. The van der Waals surface area contributed by atoms with E-state index >= 15 is 0 Å². The van der Waals surface area contributed by atoms with E-state index in [1.807, 2.05) is 16.9 Å². The van der Waals surface area contributed by atoms with E-state index in [1.54, 1.807) is 6.20 Å². The minimum atomic E-state index is -0.636. The Kier molecular flexibility index (Phi) is 4.37. The van der Waals surface area contributed by atoms with Crippen molar-refractivity contribution in [1.82, 2.24) is 14.8 Å². The van der Waals surface area contributed by atoms with Gasteiger partial charge in [-0.25, -0.2) is 4.98 Å². The van der Waals surface area contributed by atoms with Gasteiger partial charge in [0.2, 0.25) is 0 Å². The Morgan fingerprint density at radius 1 is 1.56 bits per heavy atom. The lowest BCUT2D eigenvalue weighted by Gasteiger charge is -2.08. The predicted molar refractivity (Wildman–Crippen MR) is 73.0 cm³/mol. The Balaban J connectivity index is 2.03. The van der Waals surface area contributed by atoms with E-state index in [0.29, 0.717) is 21.8 Å². The molecule has 98 valence electrons. The predicted octanol–water partition coefficient (Wildman–Crippen LogP) is 3.24. The Bertz CT molecular complexity index is 511. The lowest BCUT2D eigenvalue weighted by Crippen LogP contribution is -2.06. The summed E-state index contributed by atoms with van der Waals surface area (Å²) in [4.78, 5) is 4.07. The molecular formula is C12H16ClN3OS. The molecule has 0 saturated heterocycles. The average Bonchev–Trinajstić information content (AvgIpc) is 2.97. The van der Waals surface area contributed by atoms with Crippen LogP contribution in [0.1, 0.15) is 43.1 Å². The zero-order valence-electron chi connectivity index (χ0n) is 10.4. The van der Waals surface area contributed by atoms with Crippen LogP contribution in [0.4, 0.5) is 0 Å². The van der Waals surface area contributed by atoms with Gasteiger partial charge in [-0.1, -0.05) is 18.5 Å². The van der Waals surface area contributed by atoms with Gasteiger partial charge in [-0.2, -0.15) is 5.10 Å². The normalized spacial score (nSPS) is 14.7. The van der Waals surface area contributed by atoms with Crippen molar-refractivity contribution < 1.29 is 5.11 Å². The highest BCUT2D eigenvalue weighted by Crippen LogP contribution is 2.26. The maximum absolute atomic E-state index is 10.0. The van der Waals surface area contributed by atoms with E-state index < -0.39 is 6.10 Å². The quantitative estimate of drug-likeness (QED) is 0.917. The molecule has 4 nitrogen and oxygen atoms in total. The molecule has 2 rings (SSSR count). The summed E-state index contributed by atoms with van der Waals surface area (Å²) in [6.07, 6.45) is 4.37. The van der Waals surface area contributed by atoms with Gasteiger partial charge in [-0.05, 0) is 19.4 Å². The zero-order valence-corrected chi connectivity index (χ0v) is 11.9. The molecular weight excluding hydrogens is 270 g/mol. The summed E-state index contributed by atoms with van der Waals surface area (Å²) in [7, 11) is 0. The smallest absolute Gasteiger partial charge is 0.123 e. The summed E-state index contributed by atoms with van der Waals surface area (Å²) in [6, 6.07) is 2.31. The molecule has 0 amide bonds. The third kappa shape index (κ3) is 3.10. The number of halogens is 1. The number of aromatic nitrogens is 3. The number of aliphatic hydroxyl groups excluding tert-OH is 1. The van der Waals surface area contributed by atoms with Crippen molar-refractivity contribution in [3.05, 3.63) is 33.5 Å². The number of rotatable bonds is 5. The van der Waals surface area contributed by atoms with Crippen LogP contribution in [0.25, 0.3) is 0 Å². The van der Waals surface area contributed by atoms with E-state index in [4.69, 9.17) is 11.6 Å². The largest absolute Gasteiger partial charge is 0.386 e. The van der Waals surface area contributed by atoms with Gasteiger partial charge in [0, 0.05) is 18.7 Å². The molecule has 0 aromatic carbocycles. The summed E-state index contributed by atoms with van der Waals surface area (Å²) in [5.74, 6) is 0.